The molecule has 0 amide bonds. The van der Waals surface area contributed by atoms with E-state index in [0.717, 1.165) is 31.1 Å². The van der Waals surface area contributed by atoms with Crippen LogP contribution in [0.4, 0.5) is 5.69 Å². The molecule has 0 spiro atoms. The first-order valence-corrected chi connectivity index (χ1v) is 7.75. The van der Waals surface area contributed by atoms with Gasteiger partial charge in [-0.3, -0.25) is 0 Å². The Morgan fingerprint density at radius 2 is 1.68 bits per heavy atom. The normalized spacial score (nSPS) is 11.0. The van der Waals surface area contributed by atoms with E-state index in [4.69, 9.17) is 14.2 Å². The van der Waals surface area contributed by atoms with Crippen LogP contribution in [0, 0.1) is 0 Å². The van der Waals surface area contributed by atoms with E-state index in [1.165, 1.54) is 5.56 Å². The van der Waals surface area contributed by atoms with Gasteiger partial charge in [-0.25, -0.2) is 0 Å². The maximum Gasteiger partial charge on any atom is 0.142 e. The van der Waals surface area contributed by atoms with E-state index in [-0.39, 0.29) is 0 Å². The van der Waals surface area contributed by atoms with E-state index in [1.54, 1.807) is 21.3 Å². The number of ether oxygens (including phenoxy) is 3. The Hall–Kier alpha value is -1.30. The number of nitrogens with zero attached hydrogens (tertiary/aromatic N) is 1. The summed E-state index contributed by atoms with van der Waals surface area (Å²) >= 11 is 0. The van der Waals surface area contributed by atoms with Crippen molar-refractivity contribution >= 4 is 5.69 Å². The van der Waals surface area contributed by atoms with Crippen molar-refractivity contribution in [3.05, 3.63) is 23.8 Å². The molecule has 5 heteroatoms. The first-order valence-electron chi connectivity index (χ1n) is 7.75. The van der Waals surface area contributed by atoms with Gasteiger partial charge < -0.3 is 24.4 Å². The Labute approximate surface area is 134 Å². The van der Waals surface area contributed by atoms with Crippen molar-refractivity contribution in [3.8, 4) is 5.75 Å². The number of benzene rings is 1. The molecule has 1 N–H and O–H groups in total. The fourth-order valence-corrected chi connectivity index (χ4v) is 2.17. The van der Waals surface area contributed by atoms with Crippen LogP contribution in [-0.4, -0.2) is 53.7 Å². The second-order valence-corrected chi connectivity index (χ2v) is 5.51. The highest BCUT2D eigenvalue weighted by molar-refractivity contribution is 5.60. The molecule has 0 fully saturated rings. The van der Waals surface area contributed by atoms with Crippen molar-refractivity contribution in [2.24, 2.45) is 0 Å². The van der Waals surface area contributed by atoms with Gasteiger partial charge in [0.05, 0.1) is 26.0 Å². The highest BCUT2D eigenvalue weighted by Crippen LogP contribution is 2.29. The van der Waals surface area contributed by atoms with Gasteiger partial charge in [0.2, 0.25) is 0 Å². The van der Waals surface area contributed by atoms with Crippen molar-refractivity contribution in [2.45, 2.75) is 26.4 Å². The molecule has 0 aliphatic carbocycles. The van der Waals surface area contributed by atoms with Crippen LogP contribution < -0.4 is 15.0 Å². The Morgan fingerprint density at radius 1 is 1.05 bits per heavy atom. The lowest BCUT2D eigenvalue weighted by atomic mass is 10.1. The van der Waals surface area contributed by atoms with Gasteiger partial charge in [-0.1, -0.05) is 19.9 Å². The molecular weight excluding hydrogens is 280 g/mol. The molecule has 1 rings (SSSR count). The molecule has 0 heterocycles. The molecule has 22 heavy (non-hydrogen) atoms. The second kappa shape index (κ2) is 10.4. The van der Waals surface area contributed by atoms with Crippen LogP contribution >= 0.6 is 0 Å². The average Bonchev–Trinajstić information content (AvgIpc) is 2.53. The maximum absolute atomic E-state index is 5.58. The van der Waals surface area contributed by atoms with Crippen molar-refractivity contribution in [2.75, 3.05) is 52.5 Å². The second-order valence-electron chi connectivity index (χ2n) is 5.51. The van der Waals surface area contributed by atoms with Gasteiger partial charge in [0.25, 0.3) is 0 Å². The standard InChI is InChI=1S/C17H30N2O3/c1-14(2)18-13-15-6-7-16(17(12-15)22-5)19(8-10-20-3)9-11-21-4/h6-7,12,14,18H,8-11,13H2,1-5H3. The predicted molar refractivity (Wildman–Crippen MR) is 90.9 cm³/mol. The summed E-state index contributed by atoms with van der Waals surface area (Å²) in [6.45, 7) is 8.07. The molecule has 0 saturated heterocycles. The van der Waals surface area contributed by atoms with Gasteiger partial charge >= 0.3 is 0 Å². The predicted octanol–water partition coefficient (Wildman–Crippen LogP) is 2.29. The van der Waals surface area contributed by atoms with Gasteiger partial charge in [0.1, 0.15) is 5.75 Å². The molecule has 0 aliphatic rings. The lowest BCUT2D eigenvalue weighted by Crippen LogP contribution is -2.31. The van der Waals surface area contributed by atoms with Crippen LogP contribution in [0.1, 0.15) is 19.4 Å². The third-order valence-electron chi connectivity index (χ3n) is 3.43. The van der Waals surface area contributed by atoms with Gasteiger partial charge in [0.15, 0.2) is 0 Å². The van der Waals surface area contributed by atoms with E-state index in [1.807, 2.05) is 0 Å². The van der Waals surface area contributed by atoms with E-state index >= 15 is 0 Å². The lowest BCUT2D eigenvalue weighted by Gasteiger charge is -2.26. The van der Waals surface area contributed by atoms with E-state index in [2.05, 4.69) is 42.3 Å². The van der Waals surface area contributed by atoms with Crippen molar-refractivity contribution < 1.29 is 14.2 Å². The zero-order valence-electron chi connectivity index (χ0n) is 14.5. The molecule has 0 saturated carbocycles. The van der Waals surface area contributed by atoms with Crippen molar-refractivity contribution in [1.29, 1.82) is 0 Å². The molecule has 5 nitrogen and oxygen atoms in total. The van der Waals surface area contributed by atoms with Crippen LogP contribution in [0.15, 0.2) is 18.2 Å². The topological polar surface area (TPSA) is 43.0 Å². The summed E-state index contributed by atoms with van der Waals surface area (Å²) in [6, 6.07) is 6.81. The number of rotatable bonds is 11. The Bertz CT molecular complexity index is 416. The first-order chi connectivity index (χ1) is 10.6. The molecule has 0 bridgehead atoms. The van der Waals surface area contributed by atoms with Crippen LogP contribution in [0.2, 0.25) is 0 Å². The smallest absolute Gasteiger partial charge is 0.142 e. The monoisotopic (exact) mass is 310 g/mol. The van der Waals surface area contributed by atoms with Crippen LogP contribution in [-0.2, 0) is 16.0 Å². The number of anilines is 1. The van der Waals surface area contributed by atoms with E-state index < -0.39 is 0 Å². The largest absolute Gasteiger partial charge is 0.495 e. The highest BCUT2D eigenvalue weighted by Gasteiger charge is 2.12. The number of methoxy groups -OCH3 is 3. The van der Waals surface area contributed by atoms with Gasteiger partial charge in [-0.2, -0.15) is 0 Å². The summed E-state index contributed by atoms with van der Waals surface area (Å²) in [4.78, 5) is 2.23. The lowest BCUT2D eigenvalue weighted by molar-refractivity contribution is 0.190. The molecule has 0 radical (unpaired) electrons. The van der Waals surface area contributed by atoms with Crippen LogP contribution in [0.25, 0.3) is 0 Å². The summed E-state index contributed by atoms with van der Waals surface area (Å²) in [5, 5.41) is 3.42. The number of nitrogens with one attached hydrogen (secondary N) is 1. The molecule has 1 aromatic carbocycles. The van der Waals surface area contributed by atoms with E-state index in [0.29, 0.717) is 19.3 Å². The number of hydrogen-bond acceptors (Lipinski definition) is 5. The fraction of sp³-hybridized carbons (Fsp3) is 0.647. The Morgan fingerprint density at radius 3 is 2.18 bits per heavy atom. The molecular formula is C17H30N2O3. The summed E-state index contributed by atoms with van der Waals surface area (Å²) in [5.41, 5.74) is 2.29. The van der Waals surface area contributed by atoms with Gasteiger partial charge in [-0.15, -0.1) is 0 Å². The minimum Gasteiger partial charge on any atom is -0.495 e. The minimum atomic E-state index is 0.463. The summed E-state index contributed by atoms with van der Waals surface area (Å²) < 4.78 is 16.0. The highest BCUT2D eigenvalue weighted by atomic mass is 16.5. The average molecular weight is 310 g/mol. The SMILES string of the molecule is COCCN(CCOC)c1ccc(CNC(C)C)cc1OC. The molecule has 1 aromatic rings. The Kier molecular flexibility index (Phi) is 8.89. The molecule has 0 aliphatic heterocycles. The maximum atomic E-state index is 5.58. The van der Waals surface area contributed by atoms with Gasteiger partial charge in [-0.05, 0) is 17.7 Å². The summed E-state index contributed by atoms with van der Waals surface area (Å²) in [6.07, 6.45) is 0. The van der Waals surface area contributed by atoms with Crippen molar-refractivity contribution in [1.82, 2.24) is 5.32 Å². The zero-order valence-corrected chi connectivity index (χ0v) is 14.5. The minimum absolute atomic E-state index is 0.463. The van der Waals surface area contributed by atoms with Crippen LogP contribution in [0.5, 0.6) is 5.75 Å². The third-order valence-corrected chi connectivity index (χ3v) is 3.43. The van der Waals surface area contributed by atoms with Gasteiger partial charge in [0, 0.05) is 39.9 Å². The summed E-state index contributed by atoms with van der Waals surface area (Å²) in [7, 11) is 5.14. The van der Waals surface area contributed by atoms with Crippen LogP contribution in [0.3, 0.4) is 0 Å². The summed E-state index contributed by atoms with van der Waals surface area (Å²) in [5.74, 6) is 0.885. The molecule has 0 aromatic heterocycles. The third kappa shape index (κ3) is 6.22. The zero-order chi connectivity index (χ0) is 16.4. The molecule has 126 valence electrons. The number of hydrogen-bond donors (Lipinski definition) is 1. The van der Waals surface area contributed by atoms with Crippen molar-refractivity contribution in [3.63, 3.8) is 0 Å². The quantitative estimate of drug-likeness (QED) is 0.679. The fourth-order valence-electron chi connectivity index (χ4n) is 2.17. The first kappa shape index (κ1) is 18.7. The molecule has 0 unspecified atom stereocenters. The van der Waals surface area contributed by atoms with E-state index in [9.17, 15) is 0 Å². The molecule has 0 atom stereocenters. The Balaban J connectivity index is 2.88.